The van der Waals surface area contributed by atoms with Crippen LogP contribution in [0.15, 0.2) is 33.4 Å². The summed E-state index contributed by atoms with van der Waals surface area (Å²) in [5, 5.41) is 8.36. The second-order valence-electron chi connectivity index (χ2n) is 6.29. The van der Waals surface area contributed by atoms with Crippen LogP contribution >= 0.6 is 0 Å². The molecule has 4 rings (SSSR count). The topological polar surface area (TPSA) is 85.5 Å². The van der Waals surface area contributed by atoms with Gasteiger partial charge in [-0.2, -0.15) is 0 Å². The molecule has 3 aromatic heterocycles. The van der Waals surface area contributed by atoms with Gasteiger partial charge in [-0.3, -0.25) is 0 Å². The first-order valence-corrected chi connectivity index (χ1v) is 8.44. The molecule has 1 fully saturated rings. The summed E-state index contributed by atoms with van der Waals surface area (Å²) in [5.74, 6) is 3.63. The van der Waals surface area contributed by atoms with Gasteiger partial charge in [0.05, 0.1) is 31.7 Å². The van der Waals surface area contributed by atoms with E-state index in [1.165, 1.54) is 4.90 Å². The molecule has 0 aromatic carbocycles. The highest BCUT2D eigenvalue weighted by Gasteiger charge is 2.24. The third-order valence-electron chi connectivity index (χ3n) is 4.44. The van der Waals surface area contributed by atoms with Gasteiger partial charge in [-0.1, -0.05) is 0 Å². The molecule has 0 amide bonds. The van der Waals surface area contributed by atoms with Gasteiger partial charge in [0.2, 0.25) is 5.95 Å². The second-order valence-corrected chi connectivity index (χ2v) is 6.29. The summed E-state index contributed by atoms with van der Waals surface area (Å²) in [5.41, 5.74) is 0.872. The van der Waals surface area contributed by atoms with E-state index in [2.05, 4.69) is 25.1 Å². The number of aromatic nitrogens is 4. The summed E-state index contributed by atoms with van der Waals surface area (Å²) in [6.07, 6.45) is 3.56. The van der Waals surface area contributed by atoms with E-state index in [0.717, 1.165) is 55.8 Å². The van der Waals surface area contributed by atoms with Crippen LogP contribution in [0.1, 0.15) is 17.4 Å². The fourth-order valence-corrected chi connectivity index (χ4v) is 3.15. The molecule has 1 saturated heterocycles. The summed E-state index contributed by atoms with van der Waals surface area (Å²) < 4.78 is 11.4. The van der Waals surface area contributed by atoms with Crippen LogP contribution < -0.4 is 9.80 Å². The van der Waals surface area contributed by atoms with Crippen molar-refractivity contribution in [3.8, 4) is 11.5 Å². The zero-order chi connectivity index (χ0) is 17.2. The molecule has 0 bridgehead atoms. The van der Waals surface area contributed by atoms with Crippen molar-refractivity contribution in [3.63, 3.8) is 0 Å². The molecule has 0 radical (unpaired) electrons. The van der Waals surface area contributed by atoms with E-state index in [0.29, 0.717) is 11.8 Å². The van der Waals surface area contributed by atoms with Crippen molar-refractivity contribution in [2.45, 2.75) is 20.4 Å². The lowest BCUT2D eigenvalue weighted by Gasteiger charge is -2.31. The van der Waals surface area contributed by atoms with E-state index in [1.807, 2.05) is 26.0 Å². The molecule has 1 aliphatic heterocycles. The number of nitrogens with one attached hydrogen (secondary N) is 1. The van der Waals surface area contributed by atoms with Crippen molar-refractivity contribution < 1.29 is 13.7 Å². The average Bonchev–Trinajstić information content (AvgIpc) is 3.22. The minimum atomic E-state index is 0.528. The molecular formula is C17H21N6O2+. The van der Waals surface area contributed by atoms with Crippen LogP contribution in [0.5, 0.6) is 0 Å². The van der Waals surface area contributed by atoms with Gasteiger partial charge < -0.3 is 18.6 Å². The number of hydrogen-bond acceptors (Lipinski definition) is 7. The Morgan fingerprint density at radius 3 is 2.52 bits per heavy atom. The number of piperazine rings is 1. The highest BCUT2D eigenvalue weighted by atomic mass is 16.4. The first kappa shape index (κ1) is 15.8. The smallest absolute Gasteiger partial charge is 0.271 e. The fraction of sp³-hybridized carbons (Fsp3) is 0.412. The van der Waals surface area contributed by atoms with Crippen LogP contribution in [-0.2, 0) is 6.54 Å². The maximum absolute atomic E-state index is 5.84. The van der Waals surface area contributed by atoms with Gasteiger partial charge in [0, 0.05) is 12.4 Å². The van der Waals surface area contributed by atoms with Crippen LogP contribution in [-0.4, -0.2) is 46.3 Å². The fourth-order valence-electron chi connectivity index (χ4n) is 3.15. The normalized spacial score (nSPS) is 15.7. The van der Waals surface area contributed by atoms with Crippen molar-refractivity contribution in [2.24, 2.45) is 0 Å². The third-order valence-corrected chi connectivity index (χ3v) is 4.44. The molecule has 25 heavy (non-hydrogen) atoms. The monoisotopic (exact) mass is 341 g/mol. The van der Waals surface area contributed by atoms with Crippen molar-refractivity contribution in [2.75, 3.05) is 31.1 Å². The molecule has 0 aliphatic carbocycles. The van der Waals surface area contributed by atoms with E-state index in [-0.39, 0.29) is 0 Å². The first-order chi connectivity index (χ1) is 12.2. The van der Waals surface area contributed by atoms with Crippen LogP contribution in [0.25, 0.3) is 11.5 Å². The first-order valence-electron chi connectivity index (χ1n) is 8.44. The Morgan fingerprint density at radius 2 is 1.84 bits per heavy atom. The minimum Gasteiger partial charge on any atom is -0.466 e. The molecule has 0 atom stereocenters. The van der Waals surface area contributed by atoms with E-state index in [9.17, 15) is 0 Å². The number of quaternary nitrogens is 1. The Labute approximate surface area is 145 Å². The maximum Gasteiger partial charge on any atom is 0.271 e. The van der Waals surface area contributed by atoms with Crippen LogP contribution in [0, 0.1) is 13.8 Å². The standard InChI is InChI=1S/C17H20N6O2/c1-12-10-14(13(2)24-12)16-21-20-15(25-16)11-22-6-8-23(9-7-22)17-18-4-3-5-19-17/h3-5,10H,6-9,11H2,1-2H3/p+1. The molecule has 8 heteroatoms. The highest BCUT2D eigenvalue weighted by molar-refractivity contribution is 5.55. The van der Waals surface area contributed by atoms with Gasteiger partial charge in [0.25, 0.3) is 11.8 Å². The van der Waals surface area contributed by atoms with Crippen molar-refractivity contribution >= 4 is 5.95 Å². The zero-order valence-electron chi connectivity index (χ0n) is 14.4. The number of aryl methyl sites for hydroxylation is 2. The minimum absolute atomic E-state index is 0.528. The molecule has 8 nitrogen and oxygen atoms in total. The average molecular weight is 341 g/mol. The summed E-state index contributed by atoms with van der Waals surface area (Å²) in [4.78, 5) is 12.3. The molecule has 3 aromatic rings. The SMILES string of the molecule is Cc1cc(-c2nnc(C[NH+]3CCN(c4ncccn4)CC3)o2)c(C)o1. The van der Waals surface area contributed by atoms with Crippen molar-refractivity contribution in [1.82, 2.24) is 20.2 Å². The number of rotatable bonds is 4. The van der Waals surface area contributed by atoms with Gasteiger partial charge in [0.1, 0.15) is 11.5 Å². The summed E-state index contributed by atoms with van der Waals surface area (Å²) in [6, 6.07) is 3.76. The molecular weight excluding hydrogens is 320 g/mol. The Kier molecular flexibility index (Phi) is 4.19. The van der Waals surface area contributed by atoms with E-state index < -0.39 is 0 Å². The molecule has 1 aliphatic rings. The van der Waals surface area contributed by atoms with E-state index in [1.54, 1.807) is 12.4 Å². The Bertz CT molecular complexity index is 836. The van der Waals surface area contributed by atoms with Crippen molar-refractivity contribution in [3.05, 3.63) is 41.9 Å². The summed E-state index contributed by atoms with van der Waals surface area (Å²) in [6.45, 7) is 8.35. The Balaban J connectivity index is 1.37. The number of nitrogens with zero attached hydrogens (tertiary/aromatic N) is 5. The predicted octanol–water partition coefficient (Wildman–Crippen LogP) is 0.642. The van der Waals surface area contributed by atoms with Gasteiger partial charge in [-0.25, -0.2) is 9.97 Å². The van der Waals surface area contributed by atoms with Gasteiger partial charge in [-0.15, -0.1) is 10.2 Å². The zero-order valence-corrected chi connectivity index (χ0v) is 14.4. The lowest BCUT2D eigenvalue weighted by atomic mass is 10.2. The van der Waals surface area contributed by atoms with Crippen LogP contribution in [0.2, 0.25) is 0 Å². The highest BCUT2D eigenvalue weighted by Crippen LogP contribution is 2.25. The molecule has 4 heterocycles. The quantitative estimate of drug-likeness (QED) is 0.745. The molecule has 0 unspecified atom stereocenters. The summed E-state index contributed by atoms with van der Waals surface area (Å²) in [7, 11) is 0. The van der Waals surface area contributed by atoms with Crippen molar-refractivity contribution in [1.29, 1.82) is 0 Å². The molecule has 130 valence electrons. The number of furan rings is 1. The Hall–Kier alpha value is -2.74. The number of anilines is 1. The third kappa shape index (κ3) is 3.39. The van der Waals surface area contributed by atoms with E-state index in [4.69, 9.17) is 8.83 Å². The van der Waals surface area contributed by atoms with Gasteiger partial charge in [-0.05, 0) is 26.0 Å². The lowest BCUT2D eigenvalue weighted by molar-refractivity contribution is -0.915. The van der Waals surface area contributed by atoms with E-state index >= 15 is 0 Å². The van der Waals surface area contributed by atoms with Gasteiger partial charge >= 0.3 is 0 Å². The van der Waals surface area contributed by atoms with Crippen LogP contribution in [0.3, 0.4) is 0 Å². The lowest BCUT2D eigenvalue weighted by Crippen LogP contribution is -3.13. The molecule has 0 spiro atoms. The molecule has 0 saturated carbocycles. The largest absolute Gasteiger partial charge is 0.466 e. The van der Waals surface area contributed by atoms with Crippen LogP contribution in [0.4, 0.5) is 5.95 Å². The summed E-state index contributed by atoms with van der Waals surface area (Å²) >= 11 is 0. The predicted molar refractivity (Wildman–Crippen MR) is 90.1 cm³/mol. The Morgan fingerprint density at radius 1 is 1.08 bits per heavy atom. The second kappa shape index (κ2) is 6.64. The number of hydrogen-bond donors (Lipinski definition) is 1. The maximum atomic E-state index is 5.84. The molecule has 1 N–H and O–H groups in total. The van der Waals surface area contributed by atoms with Gasteiger partial charge in [0.15, 0.2) is 6.54 Å².